The number of nitrogens with zero attached hydrogens (tertiary/aromatic N) is 2. The minimum absolute atomic E-state index is 0.0170. The smallest absolute Gasteiger partial charge is 0.256 e. The van der Waals surface area contributed by atoms with Crippen molar-refractivity contribution in [3.05, 3.63) is 106 Å². The summed E-state index contributed by atoms with van der Waals surface area (Å²) in [7, 11) is 0. The maximum absolute atomic E-state index is 13.7. The molecule has 0 unspecified atom stereocenters. The number of nitrogens with one attached hydrogen (secondary N) is 1. The molecule has 0 spiro atoms. The van der Waals surface area contributed by atoms with Crippen LogP contribution in [0.1, 0.15) is 34.3 Å². The van der Waals surface area contributed by atoms with Gasteiger partial charge < -0.3 is 14.8 Å². The third-order valence-corrected chi connectivity index (χ3v) is 7.16. The fraction of sp³-hybridized carbons (Fsp3) is 0.241. The summed E-state index contributed by atoms with van der Waals surface area (Å²) in [6, 6.07) is 23.0. The van der Waals surface area contributed by atoms with E-state index in [2.05, 4.69) is 11.1 Å². The van der Waals surface area contributed by atoms with Gasteiger partial charge in [-0.1, -0.05) is 71.7 Å². The molecule has 1 heterocycles. The Labute approximate surface area is 220 Å². The van der Waals surface area contributed by atoms with E-state index in [0.29, 0.717) is 35.1 Å². The maximum atomic E-state index is 13.7. The monoisotopic (exact) mass is 519 g/mol. The molecule has 0 atom stereocenters. The quantitative estimate of drug-likeness (QED) is 0.280. The first-order valence-corrected chi connectivity index (χ1v) is 12.9. The number of H-pyrrole nitrogens is 1. The summed E-state index contributed by atoms with van der Waals surface area (Å²) < 4.78 is 0. The first kappa shape index (κ1) is 24.4. The second-order valence-corrected chi connectivity index (χ2v) is 10.0. The van der Waals surface area contributed by atoms with E-state index in [1.165, 1.54) is 5.56 Å². The number of halogens is 2. The van der Waals surface area contributed by atoms with E-state index >= 15 is 0 Å². The first-order chi connectivity index (χ1) is 17.5. The predicted octanol–water partition coefficient (Wildman–Crippen LogP) is 6.35. The van der Waals surface area contributed by atoms with Crippen LogP contribution in [-0.2, 0) is 17.8 Å². The number of carbonyl (C=O) groups is 2. The van der Waals surface area contributed by atoms with Gasteiger partial charge in [0.2, 0.25) is 5.91 Å². The second-order valence-electron chi connectivity index (χ2n) is 9.20. The Morgan fingerprint density at radius 3 is 2.44 bits per heavy atom. The van der Waals surface area contributed by atoms with E-state index in [1.807, 2.05) is 59.6 Å². The van der Waals surface area contributed by atoms with Crippen molar-refractivity contribution in [2.75, 3.05) is 13.1 Å². The zero-order valence-electron chi connectivity index (χ0n) is 19.8. The molecule has 1 aromatic heterocycles. The van der Waals surface area contributed by atoms with Crippen molar-refractivity contribution in [1.82, 2.24) is 14.8 Å². The van der Waals surface area contributed by atoms with Crippen LogP contribution in [0.3, 0.4) is 0 Å². The van der Waals surface area contributed by atoms with Crippen LogP contribution in [0, 0.1) is 0 Å². The molecule has 2 amide bonds. The van der Waals surface area contributed by atoms with Gasteiger partial charge in [0.05, 0.1) is 10.6 Å². The van der Waals surface area contributed by atoms with Gasteiger partial charge in [-0.15, -0.1) is 0 Å². The van der Waals surface area contributed by atoms with Crippen LogP contribution in [0.2, 0.25) is 10.0 Å². The zero-order valence-corrected chi connectivity index (χ0v) is 21.3. The van der Waals surface area contributed by atoms with Gasteiger partial charge in [0.15, 0.2) is 0 Å². The molecule has 5 rings (SSSR count). The molecule has 5 nitrogen and oxygen atoms in total. The van der Waals surface area contributed by atoms with Crippen molar-refractivity contribution in [2.45, 2.75) is 31.8 Å². The van der Waals surface area contributed by atoms with Gasteiger partial charge >= 0.3 is 0 Å². The summed E-state index contributed by atoms with van der Waals surface area (Å²) in [5, 5.41) is 1.93. The van der Waals surface area contributed by atoms with Gasteiger partial charge in [-0.05, 0) is 54.7 Å². The first-order valence-electron chi connectivity index (χ1n) is 12.1. The number of aromatic amines is 1. The average Bonchev–Trinajstić information content (AvgIpc) is 3.64. The lowest BCUT2D eigenvalue weighted by Crippen LogP contribution is -2.44. The molecule has 4 aromatic rings. The van der Waals surface area contributed by atoms with Gasteiger partial charge in [0, 0.05) is 41.3 Å². The number of rotatable bonds is 9. The van der Waals surface area contributed by atoms with Crippen LogP contribution in [-0.4, -0.2) is 45.7 Å². The number of fused-ring (bicyclic) bond motifs is 1. The van der Waals surface area contributed by atoms with E-state index in [4.69, 9.17) is 23.2 Å². The van der Waals surface area contributed by atoms with Crippen LogP contribution in [0.25, 0.3) is 10.9 Å². The molecule has 0 bridgehead atoms. The van der Waals surface area contributed by atoms with Gasteiger partial charge in [0.25, 0.3) is 5.91 Å². The summed E-state index contributed by atoms with van der Waals surface area (Å²) in [4.78, 5) is 33.9. The summed E-state index contributed by atoms with van der Waals surface area (Å²) in [6.07, 6.45) is 4.50. The molecule has 0 radical (unpaired) electrons. The van der Waals surface area contributed by atoms with Crippen LogP contribution < -0.4 is 0 Å². The number of hydrogen-bond acceptors (Lipinski definition) is 2. The van der Waals surface area contributed by atoms with E-state index in [1.54, 1.807) is 23.1 Å². The molecular weight excluding hydrogens is 493 g/mol. The fourth-order valence-electron chi connectivity index (χ4n) is 4.51. The highest BCUT2D eigenvalue weighted by Gasteiger charge is 2.36. The lowest BCUT2D eigenvalue weighted by molar-refractivity contribution is -0.132. The van der Waals surface area contributed by atoms with Crippen molar-refractivity contribution in [3.63, 3.8) is 0 Å². The van der Waals surface area contributed by atoms with Crippen molar-refractivity contribution in [1.29, 1.82) is 0 Å². The van der Waals surface area contributed by atoms with Crippen LogP contribution in [0.15, 0.2) is 79.0 Å². The topological polar surface area (TPSA) is 56.4 Å². The third-order valence-electron chi connectivity index (χ3n) is 6.61. The molecule has 3 aromatic carbocycles. The highest BCUT2D eigenvalue weighted by Crippen LogP contribution is 2.31. The van der Waals surface area contributed by atoms with E-state index in [9.17, 15) is 9.59 Å². The van der Waals surface area contributed by atoms with Gasteiger partial charge in [-0.25, -0.2) is 0 Å². The number of benzene rings is 3. The molecule has 0 saturated heterocycles. The molecule has 1 N–H and O–H groups in total. The van der Waals surface area contributed by atoms with E-state index in [0.717, 1.165) is 29.3 Å². The number of amides is 2. The lowest BCUT2D eigenvalue weighted by Gasteiger charge is -2.28. The van der Waals surface area contributed by atoms with Crippen LogP contribution in [0.5, 0.6) is 0 Å². The molecule has 0 aliphatic heterocycles. The van der Waals surface area contributed by atoms with Crippen molar-refractivity contribution < 1.29 is 9.59 Å². The molecule has 1 fully saturated rings. The fourth-order valence-corrected chi connectivity index (χ4v) is 5.00. The summed E-state index contributed by atoms with van der Waals surface area (Å²) in [6.45, 7) is 1.05. The maximum Gasteiger partial charge on any atom is 0.256 e. The number of aromatic nitrogens is 1. The Kier molecular flexibility index (Phi) is 7.30. The van der Waals surface area contributed by atoms with Gasteiger partial charge in [-0.2, -0.15) is 0 Å². The lowest BCUT2D eigenvalue weighted by atomic mass is 10.1. The average molecular weight is 520 g/mol. The van der Waals surface area contributed by atoms with Crippen molar-refractivity contribution >= 4 is 45.9 Å². The number of para-hydroxylation sites is 1. The van der Waals surface area contributed by atoms with Gasteiger partial charge in [0.1, 0.15) is 6.54 Å². The zero-order chi connectivity index (χ0) is 25.1. The van der Waals surface area contributed by atoms with Gasteiger partial charge in [-0.3, -0.25) is 9.59 Å². The van der Waals surface area contributed by atoms with Crippen molar-refractivity contribution in [3.8, 4) is 0 Å². The summed E-state index contributed by atoms with van der Waals surface area (Å²) in [5.41, 5.74) is 3.67. The van der Waals surface area contributed by atoms with E-state index in [-0.39, 0.29) is 24.4 Å². The molecular formula is C29H27Cl2N3O2. The SMILES string of the molecule is O=C(CN(C(=O)c1ccc(Cl)cc1Cl)C1CC1)N(CCc1c[nH]c2ccccc12)Cc1ccccc1. The normalized spacial score (nSPS) is 13.1. The Morgan fingerprint density at radius 1 is 0.944 bits per heavy atom. The number of hydrogen-bond donors (Lipinski definition) is 1. The Bertz CT molecular complexity index is 1380. The summed E-state index contributed by atoms with van der Waals surface area (Å²) >= 11 is 12.3. The molecule has 1 saturated carbocycles. The summed E-state index contributed by atoms with van der Waals surface area (Å²) in [5.74, 6) is -0.312. The Morgan fingerprint density at radius 2 is 1.69 bits per heavy atom. The van der Waals surface area contributed by atoms with Crippen molar-refractivity contribution in [2.24, 2.45) is 0 Å². The second kappa shape index (κ2) is 10.8. The minimum Gasteiger partial charge on any atom is -0.361 e. The molecule has 184 valence electrons. The Hall–Kier alpha value is -3.28. The molecule has 36 heavy (non-hydrogen) atoms. The van der Waals surface area contributed by atoms with Crippen LogP contribution in [0.4, 0.5) is 0 Å². The molecule has 1 aliphatic carbocycles. The third kappa shape index (κ3) is 5.58. The standard InChI is InChI=1S/C29H27Cl2N3O2/c30-22-10-13-25(26(31)16-22)29(36)34(23-11-12-23)19-28(35)33(18-20-6-2-1-3-7-20)15-14-21-17-32-27-9-5-4-8-24(21)27/h1-10,13,16-17,23,32H,11-12,14-15,18-19H2. The number of carbonyl (C=O) groups excluding carboxylic acids is 2. The predicted molar refractivity (Wildman–Crippen MR) is 144 cm³/mol. The highest BCUT2D eigenvalue weighted by atomic mass is 35.5. The Balaban J connectivity index is 1.35. The molecule has 1 aliphatic rings. The molecule has 7 heteroatoms. The van der Waals surface area contributed by atoms with Crippen LogP contribution >= 0.6 is 23.2 Å². The largest absolute Gasteiger partial charge is 0.361 e. The minimum atomic E-state index is -0.233. The van der Waals surface area contributed by atoms with E-state index < -0.39 is 0 Å². The highest BCUT2D eigenvalue weighted by molar-refractivity contribution is 6.36.